The van der Waals surface area contributed by atoms with Gasteiger partial charge in [-0.05, 0) is 56.5 Å². The molecule has 20 heavy (non-hydrogen) atoms. The van der Waals surface area contributed by atoms with Crippen LogP contribution in [0.15, 0.2) is 32.7 Å². The van der Waals surface area contributed by atoms with Gasteiger partial charge in [0.25, 0.3) is 0 Å². The molecule has 0 unspecified atom stereocenters. The van der Waals surface area contributed by atoms with E-state index in [1.54, 1.807) is 11.3 Å². The standard InChI is InChI=1S/C14H16Br2N2OS/c1-2-19-14-11(15)7-10(8-12(14)16)9-17-4-3-13-18-5-6-20-13/h5-8,17H,2-4,9H2,1H3. The van der Waals surface area contributed by atoms with Crippen molar-refractivity contribution in [1.29, 1.82) is 0 Å². The number of nitrogens with one attached hydrogen (secondary N) is 1. The fraction of sp³-hybridized carbons (Fsp3) is 0.357. The maximum absolute atomic E-state index is 5.58. The third-order valence-electron chi connectivity index (χ3n) is 2.67. The molecule has 0 radical (unpaired) electrons. The molecular formula is C14H16Br2N2OS. The van der Waals surface area contributed by atoms with Gasteiger partial charge in [-0.2, -0.15) is 0 Å². The largest absolute Gasteiger partial charge is 0.492 e. The van der Waals surface area contributed by atoms with Gasteiger partial charge in [-0.25, -0.2) is 4.98 Å². The number of hydrogen-bond acceptors (Lipinski definition) is 4. The highest BCUT2D eigenvalue weighted by atomic mass is 79.9. The molecule has 3 nitrogen and oxygen atoms in total. The fourth-order valence-electron chi connectivity index (χ4n) is 1.80. The minimum atomic E-state index is 0.655. The summed E-state index contributed by atoms with van der Waals surface area (Å²) >= 11 is 8.80. The summed E-state index contributed by atoms with van der Waals surface area (Å²) in [5, 5.41) is 6.61. The maximum Gasteiger partial charge on any atom is 0.147 e. The number of aromatic nitrogens is 1. The summed E-state index contributed by atoms with van der Waals surface area (Å²) < 4.78 is 7.53. The first-order chi connectivity index (χ1) is 9.70. The van der Waals surface area contributed by atoms with Gasteiger partial charge in [-0.3, -0.25) is 0 Å². The van der Waals surface area contributed by atoms with Gasteiger partial charge in [0.15, 0.2) is 0 Å². The second kappa shape index (κ2) is 8.12. The molecule has 0 aliphatic rings. The molecule has 0 atom stereocenters. The van der Waals surface area contributed by atoms with Gasteiger partial charge in [0.2, 0.25) is 0 Å². The molecule has 1 N–H and O–H groups in total. The first-order valence-electron chi connectivity index (χ1n) is 6.40. The number of benzene rings is 1. The molecule has 1 heterocycles. The molecule has 0 spiro atoms. The monoisotopic (exact) mass is 418 g/mol. The van der Waals surface area contributed by atoms with E-state index < -0.39 is 0 Å². The minimum absolute atomic E-state index is 0.655. The van der Waals surface area contributed by atoms with Crippen LogP contribution in [0.25, 0.3) is 0 Å². The van der Waals surface area contributed by atoms with Gasteiger partial charge in [0, 0.05) is 31.1 Å². The molecule has 6 heteroatoms. The average Bonchev–Trinajstić information content (AvgIpc) is 2.92. The molecule has 0 aliphatic heterocycles. The van der Waals surface area contributed by atoms with Crippen LogP contribution in [-0.4, -0.2) is 18.1 Å². The lowest BCUT2D eigenvalue weighted by molar-refractivity contribution is 0.336. The summed E-state index contributed by atoms with van der Waals surface area (Å²) in [6.07, 6.45) is 2.82. The van der Waals surface area contributed by atoms with E-state index in [1.807, 2.05) is 18.5 Å². The van der Waals surface area contributed by atoms with Crippen molar-refractivity contribution >= 4 is 43.2 Å². The normalized spacial score (nSPS) is 10.8. The smallest absolute Gasteiger partial charge is 0.147 e. The van der Waals surface area contributed by atoms with E-state index in [-0.39, 0.29) is 0 Å². The van der Waals surface area contributed by atoms with Crippen LogP contribution in [0.2, 0.25) is 0 Å². The molecule has 0 aliphatic carbocycles. The van der Waals surface area contributed by atoms with E-state index in [4.69, 9.17) is 4.74 Å². The predicted octanol–water partition coefficient (Wildman–Crippen LogP) is 4.40. The summed E-state index contributed by atoms with van der Waals surface area (Å²) in [5.41, 5.74) is 1.21. The summed E-state index contributed by atoms with van der Waals surface area (Å²) in [7, 11) is 0. The molecule has 1 aromatic heterocycles. The van der Waals surface area contributed by atoms with Crippen LogP contribution in [0, 0.1) is 0 Å². The predicted molar refractivity (Wildman–Crippen MR) is 90.5 cm³/mol. The molecule has 2 aromatic rings. The quantitative estimate of drug-likeness (QED) is 0.675. The van der Waals surface area contributed by atoms with Crippen molar-refractivity contribution in [2.75, 3.05) is 13.2 Å². The Labute approximate surface area is 140 Å². The number of halogens is 2. The van der Waals surface area contributed by atoms with Crippen molar-refractivity contribution in [3.8, 4) is 5.75 Å². The lowest BCUT2D eigenvalue weighted by Gasteiger charge is -2.11. The highest BCUT2D eigenvalue weighted by Gasteiger charge is 2.08. The van der Waals surface area contributed by atoms with Gasteiger partial charge >= 0.3 is 0 Å². The summed E-state index contributed by atoms with van der Waals surface area (Å²) in [6.45, 7) is 4.39. The van der Waals surface area contributed by atoms with Gasteiger partial charge in [0.1, 0.15) is 5.75 Å². The molecule has 1 aromatic carbocycles. The van der Waals surface area contributed by atoms with E-state index >= 15 is 0 Å². The Kier molecular flexibility index (Phi) is 6.48. The molecule has 0 saturated carbocycles. The molecule has 108 valence electrons. The Hall–Kier alpha value is -0.430. The SMILES string of the molecule is CCOc1c(Br)cc(CNCCc2nccs2)cc1Br. The first-order valence-corrected chi connectivity index (χ1v) is 8.87. The van der Waals surface area contributed by atoms with E-state index in [9.17, 15) is 0 Å². The number of rotatable bonds is 7. The van der Waals surface area contributed by atoms with Gasteiger partial charge < -0.3 is 10.1 Å². The van der Waals surface area contributed by atoms with Gasteiger partial charge in [0.05, 0.1) is 20.6 Å². The van der Waals surface area contributed by atoms with Crippen LogP contribution in [0.4, 0.5) is 0 Å². The van der Waals surface area contributed by atoms with E-state index in [0.29, 0.717) is 6.61 Å². The number of thiazole rings is 1. The Morgan fingerprint density at radius 2 is 2.05 bits per heavy atom. The summed E-state index contributed by atoms with van der Waals surface area (Å²) in [4.78, 5) is 4.27. The van der Waals surface area contributed by atoms with Crippen molar-refractivity contribution in [3.05, 3.63) is 43.2 Å². The van der Waals surface area contributed by atoms with Crippen LogP contribution >= 0.6 is 43.2 Å². The van der Waals surface area contributed by atoms with E-state index in [0.717, 1.165) is 34.2 Å². The maximum atomic E-state index is 5.58. The summed E-state index contributed by atoms with van der Waals surface area (Å²) in [5.74, 6) is 0.860. The zero-order valence-electron chi connectivity index (χ0n) is 11.2. The Morgan fingerprint density at radius 1 is 1.30 bits per heavy atom. The molecule has 0 bridgehead atoms. The zero-order chi connectivity index (χ0) is 14.4. The molecule has 2 rings (SSSR count). The van der Waals surface area contributed by atoms with E-state index in [1.165, 1.54) is 10.6 Å². The van der Waals surface area contributed by atoms with Crippen LogP contribution in [0.1, 0.15) is 17.5 Å². The highest BCUT2D eigenvalue weighted by molar-refractivity contribution is 9.11. The second-order valence-corrected chi connectivity index (χ2v) is 6.86. The van der Waals surface area contributed by atoms with Gasteiger partial charge in [-0.15, -0.1) is 11.3 Å². The lowest BCUT2D eigenvalue weighted by Crippen LogP contribution is -2.16. The van der Waals surface area contributed by atoms with Crippen molar-refractivity contribution in [1.82, 2.24) is 10.3 Å². The highest BCUT2D eigenvalue weighted by Crippen LogP contribution is 2.34. The van der Waals surface area contributed by atoms with E-state index in [2.05, 4.69) is 54.3 Å². The number of ether oxygens (including phenoxy) is 1. The molecule has 0 fully saturated rings. The number of hydrogen-bond donors (Lipinski definition) is 1. The minimum Gasteiger partial charge on any atom is -0.492 e. The molecule has 0 amide bonds. The Bertz CT molecular complexity index is 523. The van der Waals surface area contributed by atoms with Crippen molar-refractivity contribution in [3.63, 3.8) is 0 Å². The Balaban J connectivity index is 1.86. The van der Waals surface area contributed by atoms with Crippen molar-refractivity contribution < 1.29 is 4.74 Å². The first kappa shape index (κ1) is 15.9. The van der Waals surface area contributed by atoms with Crippen LogP contribution in [0.3, 0.4) is 0 Å². The molecule has 0 saturated heterocycles. The Morgan fingerprint density at radius 3 is 2.65 bits per heavy atom. The van der Waals surface area contributed by atoms with Crippen LogP contribution in [0.5, 0.6) is 5.75 Å². The third kappa shape index (κ3) is 4.55. The van der Waals surface area contributed by atoms with Crippen LogP contribution < -0.4 is 10.1 Å². The van der Waals surface area contributed by atoms with Crippen molar-refractivity contribution in [2.45, 2.75) is 19.9 Å². The number of nitrogens with zero attached hydrogens (tertiary/aromatic N) is 1. The van der Waals surface area contributed by atoms with Crippen molar-refractivity contribution in [2.24, 2.45) is 0 Å². The average molecular weight is 420 g/mol. The summed E-state index contributed by atoms with van der Waals surface area (Å²) in [6, 6.07) is 4.18. The van der Waals surface area contributed by atoms with Gasteiger partial charge in [-0.1, -0.05) is 0 Å². The fourth-order valence-corrected chi connectivity index (χ4v) is 3.93. The molecular weight excluding hydrogens is 404 g/mol. The van der Waals surface area contributed by atoms with Crippen LogP contribution in [-0.2, 0) is 13.0 Å². The lowest BCUT2D eigenvalue weighted by atomic mass is 10.2. The second-order valence-electron chi connectivity index (χ2n) is 4.17. The zero-order valence-corrected chi connectivity index (χ0v) is 15.1. The topological polar surface area (TPSA) is 34.1 Å². The third-order valence-corrected chi connectivity index (χ3v) is 4.69.